The van der Waals surface area contributed by atoms with Gasteiger partial charge < -0.3 is 19.6 Å². The minimum Gasteiger partial charge on any atom is -0.507 e. The monoisotopic (exact) mass is 748 g/mol. The van der Waals surface area contributed by atoms with Crippen molar-refractivity contribution in [2.24, 2.45) is 0 Å². The van der Waals surface area contributed by atoms with E-state index in [1.54, 1.807) is 0 Å². The van der Waals surface area contributed by atoms with Crippen molar-refractivity contribution < 1.29 is 9.84 Å². The Labute approximate surface area is 339 Å². The minimum absolute atomic E-state index is 0.231. The number of fused-ring (bicyclic) bond motifs is 1. The Balaban J connectivity index is 1.37. The Hall–Kier alpha value is -6.52. The van der Waals surface area contributed by atoms with Crippen molar-refractivity contribution >= 4 is 39.4 Å². The molecule has 1 aliphatic heterocycles. The molecule has 0 saturated heterocycles. The van der Waals surface area contributed by atoms with Gasteiger partial charge in [-0.3, -0.25) is 0 Å². The van der Waals surface area contributed by atoms with Crippen molar-refractivity contribution in [1.29, 1.82) is 0 Å². The molecule has 1 heterocycles. The van der Waals surface area contributed by atoms with E-state index < -0.39 is 0 Å². The van der Waals surface area contributed by atoms with E-state index in [4.69, 9.17) is 4.74 Å². The van der Waals surface area contributed by atoms with Crippen molar-refractivity contribution in [3.05, 3.63) is 208 Å². The SMILES string of the molecule is C=C(/C=C(/C=C/C1=C(c2cc(C)cc(C)c2)C(=C/C=C2\C=C(c3ccccc3)Oc3cc(N(C)C)ccc32)/CCC1)c1ccc(N(C)C)cc1O)c1ccccc1. The standard InChI is InChI=1S/C53H52N2O2/c1-36-29-37(2)31-45(30-36)53-41(21-23-43(32-38(3)39-15-10-8-11-16-39)48-27-25-46(54(4)5)34-50(48)56)19-14-20-42(53)22-24-44-33-51(40-17-12-9-13-18-40)57-52-35-47(55(6)7)26-28-49(44)52/h8-13,15-18,21-35,56H,3,14,19-20H2,1-2,4-7H3/b23-21+,42-22+,43-32-,44-24+. The predicted octanol–water partition coefficient (Wildman–Crippen LogP) is 12.9. The topological polar surface area (TPSA) is 35.9 Å². The molecule has 5 aromatic rings. The summed E-state index contributed by atoms with van der Waals surface area (Å²) in [5, 5.41) is 11.4. The molecule has 4 heteroatoms. The molecule has 0 aromatic heterocycles. The molecule has 1 N–H and O–H groups in total. The van der Waals surface area contributed by atoms with Crippen LogP contribution in [-0.2, 0) is 0 Å². The molecule has 0 saturated carbocycles. The maximum absolute atomic E-state index is 11.4. The number of phenols is 1. The Morgan fingerprint density at radius 1 is 0.719 bits per heavy atom. The van der Waals surface area contributed by atoms with Crippen LogP contribution in [0.4, 0.5) is 11.4 Å². The first kappa shape index (κ1) is 38.7. The maximum atomic E-state index is 11.4. The molecule has 57 heavy (non-hydrogen) atoms. The number of aromatic hydroxyl groups is 1. The van der Waals surface area contributed by atoms with Crippen LogP contribution in [0, 0.1) is 13.8 Å². The molecule has 2 aliphatic rings. The highest BCUT2D eigenvalue weighted by molar-refractivity contribution is 5.92. The number of ether oxygens (including phenoxy) is 1. The second-order valence-electron chi connectivity index (χ2n) is 15.4. The zero-order valence-electron chi connectivity index (χ0n) is 34.0. The van der Waals surface area contributed by atoms with Crippen molar-refractivity contribution in [3.63, 3.8) is 0 Å². The van der Waals surface area contributed by atoms with E-state index in [-0.39, 0.29) is 5.75 Å². The predicted molar refractivity (Wildman–Crippen MR) is 244 cm³/mol. The summed E-state index contributed by atoms with van der Waals surface area (Å²) < 4.78 is 6.56. The van der Waals surface area contributed by atoms with Crippen LogP contribution in [0.3, 0.4) is 0 Å². The van der Waals surface area contributed by atoms with Crippen molar-refractivity contribution in [3.8, 4) is 11.5 Å². The Kier molecular flexibility index (Phi) is 11.6. The number of hydrogen-bond acceptors (Lipinski definition) is 4. The second kappa shape index (κ2) is 17.1. The number of phenolic OH excluding ortho intramolecular Hbond substituents is 1. The van der Waals surface area contributed by atoms with Crippen LogP contribution in [0.2, 0.25) is 0 Å². The summed E-state index contributed by atoms with van der Waals surface area (Å²) in [4.78, 5) is 4.10. The van der Waals surface area contributed by atoms with Crippen molar-refractivity contribution in [1.82, 2.24) is 0 Å². The number of rotatable bonds is 10. The summed E-state index contributed by atoms with van der Waals surface area (Å²) in [5.74, 6) is 1.91. The molecule has 5 aromatic carbocycles. The van der Waals surface area contributed by atoms with Gasteiger partial charge in [-0.2, -0.15) is 0 Å². The molecule has 4 nitrogen and oxygen atoms in total. The van der Waals surface area contributed by atoms with Crippen LogP contribution in [-0.4, -0.2) is 33.3 Å². The second-order valence-corrected chi connectivity index (χ2v) is 15.4. The van der Waals surface area contributed by atoms with Gasteiger partial charge in [0.05, 0.1) is 0 Å². The molecule has 0 spiro atoms. The van der Waals surface area contributed by atoms with Crippen LogP contribution in [0.15, 0.2) is 169 Å². The molecule has 0 amide bonds. The van der Waals surface area contributed by atoms with Gasteiger partial charge in [0.1, 0.15) is 17.3 Å². The van der Waals surface area contributed by atoms with Crippen LogP contribution in [0.5, 0.6) is 11.5 Å². The smallest absolute Gasteiger partial charge is 0.137 e. The zero-order chi connectivity index (χ0) is 40.1. The van der Waals surface area contributed by atoms with Crippen LogP contribution in [0.25, 0.3) is 28.1 Å². The van der Waals surface area contributed by atoms with Crippen LogP contribution < -0.4 is 14.5 Å². The average Bonchev–Trinajstić information content (AvgIpc) is 3.21. The Morgan fingerprint density at radius 2 is 1.39 bits per heavy atom. The van der Waals surface area contributed by atoms with E-state index in [1.165, 1.54) is 33.4 Å². The van der Waals surface area contributed by atoms with Gasteiger partial charge in [-0.1, -0.05) is 121 Å². The van der Waals surface area contributed by atoms with Crippen LogP contribution in [0.1, 0.15) is 58.2 Å². The van der Waals surface area contributed by atoms with Crippen molar-refractivity contribution in [2.75, 3.05) is 38.0 Å². The minimum atomic E-state index is 0.231. The van der Waals surface area contributed by atoms with Gasteiger partial charge in [0.2, 0.25) is 0 Å². The largest absolute Gasteiger partial charge is 0.507 e. The first-order valence-corrected chi connectivity index (χ1v) is 19.7. The third-order valence-electron chi connectivity index (χ3n) is 10.6. The number of anilines is 2. The fraction of sp³-hybridized carbons (Fsp3) is 0.170. The fourth-order valence-electron chi connectivity index (χ4n) is 7.67. The summed E-state index contributed by atoms with van der Waals surface area (Å²) in [6.07, 6.45) is 16.2. The van der Waals surface area contributed by atoms with E-state index in [0.717, 1.165) is 81.1 Å². The van der Waals surface area contributed by atoms with Crippen molar-refractivity contribution in [2.45, 2.75) is 33.1 Å². The molecular weight excluding hydrogens is 697 g/mol. The molecule has 0 unspecified atom stereocenters. The lowest BCUT2D eigenvalue weighted by molar-refractivity contribution is 0.474. The fourth-order valence-corrected chi connectivity index (χ4v) is 7.67. The molecule has 0 fully saturated rings. The normalized spacial score (nSPS) is 15.8. The van der Waals surface area contributed by atoms with E-state index in [0.29, 0.717) is 0 Å². The van der Waals surface area contributed by atoms with E-state index in [1.807, 2.05) is 73.6 Å². The third-order valence-corrected chi connectivity index (χ3v) is 10.6. The molecule has 0 radical (unpaired) electrons. The lowest BCUT2D eigenvalue weighted by atomic mass is 9.81. The lowest BCUT2D eigenvalue weighted by Crippen LogP contribution is -2.10. The Morgan fingerprint density at radius 3 is 2.07 bits per heavy atom. The molecular formula is C53H52N2O2. The number of benzene rings is 5. The van der Waals surface area contributed by atoms with Gasteiger partial charge in [-0.25, -0.2) is 0 Å². The van der Waals surface area contributed by atoms with Gasteiger partial charge in [0, 0.05) is 68.4 Å². The summed E-state index contributed by atoms with van der Waals surface area (Å²) in [5.41, 5.74) is 16.3. The third kappa shape index (κ3) is 8.98. The van der Waals surface area contributed by atoms with Gasteiger partial charge in [0.15, 0.2) is 0 Å². The molecule has 286 valence electrons. The number of hydrogen-bond donors (Lipinski definition) is 1. The zero-order valence-corrected chi connectivity index (χ0v) is 34.0. The van der Waals surface area contributed by atoms with E-state index in [9.17, 15) is 5.11 Å². The number of nitrogens with zero attached hydrogens (tertiary/aromatic N) is 2. The van der Waals surface area contributed by atoms with E-state index >= 15 is 0 Å². The summed E-state index contributed by atoms with van der Waals surface area (Å²) in [6, 6.07) is 39.7. The summed E-state index contributed by atoms with van der Waals surface area (Å²) >= 11 is 0. The van der Waals surface area contributed by atoms with Gasteiger partial charge in [-0.05, 0) is 114 Å². The molecule has 1 aliphatic carbocycles. The van der Waals surface area contributed by atoms with E-state index in [2.05, 4.69) is 137 Å². The maximum Gasteiger partial charge on any atom is 0.137 e. The van der Waals surface area contributed by atoms with Gasteiger partial charge in [0.25, 0.3) is 0 Å². The summed E-state index contributed by atoms with van der Waals surface area (Å²) in [7, 11) is 8.07. The van der Waals surface area contributed by atoms with Gasteiger partial charge >= 0.3 is 0 Å². The number of allylic oxidation sites excluding steroid dienone is 12. The highest BCUT2D eigenvalue weighted by Crippen LogP contribution is 2.42. The highest BCUT2D eigenvalue weighted by Gasteiger charge is 2.21. The quantitative estimate of drug-likeness (QED) is 0.144. The molecule has 0 atom stereocenters. The molecule has 7 rings (SSSR count). The lowest BCUT2D eigenvalue weighted by Gasteiger charge is -2.24. The Bertz CT molecular complexity index is 2470. The number of aryl methyl sites for hydroxylation is 2. The molecule has 0 bridgehead atoms. The van der Waals surface area contributed by atoms with Gasteiger partial charge in [-0.15, -0.1) is 0 Å². The summed E-state index contributed by atoms with van der Waals surface area (Å²) in [6.45, 7) is 8.78. The highest BCUT2D eigenvalue weighted by atomic mass is 16.5. The average molecular weight is 749 g/mol. The first-order valence-electron chi connectivity index (χ1n) is 19.7. The first-order chi connectivity index (χ1) is 27.5. The van der Waals surface area contributed by atoms with Crippen LogP contribution >= 0.6 is 0 Å².